The molecular formula is C35H41N3O2S. The molecule has 0 saturated carbocycles. The Hall–Kier alpha value is -3.48. The van der Waals surface area contributed by atoms with Crippen LogP contribution in [0.15, 0.2) is 78.2 Å². The number of aliphatic carboxylic acids is 1. The SMILES string of the molecule is CCCC(CCC)c1ccc(N(C)Cc2ccc(-c3csc(CN4Cc5ccccc5CC4C(=O)O)n3)cc2)cc1. The molecule has 5 rings (SSSR count). The maximum atomic E-state index is 12.0. The van der Waals surface area contributed by atoms with Crippen molar-refractivity contribution in [3.05, 3.63) is 105 Å². The molecule has 4 aromatic rings. The Balaban J connectivity index is 1.21. The second-order valence-corrected chi connectivity index (χ2v) is 12.2. The van der Waals surface area contributed by atoms with Crippen LogP contribution in [0.25, 0.3) is 11.3 Å². The molecule has 3 aromatic carbocycles. The van der Waals surface area contributed by atoms with Gasteiger partial charge in [-0.15, -0.1) is 11.3 Å². The second kappa shape index (κ2) is 13.5. The lowest BCUT2D eigenvalue weighted by molar-refractivity contribution is -0.144. The second-order valence-electron chi connectivity index (χ2n) is 11.3. The zero-order valence-corrected chi connectivity index (χ0v) is 25.2. The summed E-state index contributed by atoms with van der Waals surface area (Å²) in [6, 6.07) is 25.4. The summed E-state index contributed by atoms with van der Waals surface area (Å²) in [6.45, 7) is 6.55. The summed E-state index contributed by atoms with van der Waals surface area (Å²) >= 11 is 1.60. The van der Waals surface area contributed by atoms with E-state index in [0.29, 0.717) is 25.4 Å². The van der Waals surface area contributed by atoms with Crippen LogP contribution < -0.4 is 4.90 Å². The summed E-state index contributed by atoms with van der Waals surface area (Å²) in [5.74, 6) is -0.108. The van der Waals surface area contributed by atoms with Crippen LogP contribution >= 0.6 is 11.3 Å². The van der Waals surface area contributed by atoms with Crippen molar-refractivity contribution in [3.63, 3.8) is 0 Å². The predicted octanol–water partition coefficient (Wildman–Crippen LogP) is 8.14. The average molecular weight is 568 g/mol. The number of hydrogen-bond acceptors (Lipinski definition) is 5. The van der Waals surface area contributed by atoms with Crippen molar-refractivity contribution in [3.8, 4) is 11.3 Å². The lowest BCUT2D eigenvalue weighted by atomic mass is 9.90. The molecule has 0 bridgehead atoms. The van der Waals surface area contributed by atoms with E-state index in [4.69, 9.17) is 4.98 Å². The molecule has 214 valence electrons. The number of carbonyl (C=O) groups is 1. The predicted molar refractivity (Wildman–Crippen MR) is 169 cm³/mol. The summed E-state index contributed by atoms with van der Waals surface area (Å²) in [7, 11) is 2.15. The third kappa shape index (κ3) is 7.06. The van der Waals surface area contributed by atoms with Crippen LogP contribution in [0.2, 0.25) is 0 Å². The molecule has 6 heteroatoms. The number of rotatable bonds is 12. The molecule has 0 saturated heterocycles. The van der Waals surface area contributed by atoms with Crippen molar-refractivity contribution in [1.82, 2.24) is 9.88 Å². The van der Waals surface area contributed by atoms with E-state index in [1.54, 1.807) is 11.3 Å². The highest BCUT2D eigenvalue weighted by molar-refractivity contribution is 7.09. The molecule has 1 N–H and O–H groups in total. The summed E-state index contributed by atoms with van der Waals surface area (Å²) in [5.41, 5.74) is 8.30. The Labute approximate surface area is 248 Å². The Morgan fingerprint density at radius 1 is 1.00 bits per heavy atom. The third-order valence-corrected chi connectivity index (χ3v) is 9.10. The van der Waals surface area contributed by atoms with Crippen LogP contribution in [0.3, 0.4) is 0 Å². The van der Waals surface area contributed by atoms with Gasteiger partial charge < -0.3 is 10.0 Å². The molecule has 0 amide bonds. The first-order valence-corrected chi connectivity index (χ1v) is 15.7. The van der Waals surface area contributed by atoms with Crippen molar-refractivity contribution >= 4 is 23.0 Å². The van der Waals surface area contributed by atoms with Gasteiger partial charge in [-0.1, -0.05) is 87.4 Å². The normalized spacial score (nSPS) is 15.2. The lowest BCUT2D eigenvalue weighted by Crippen LogP contribution is -2.44. The van der Waals surface area contributed by atoms with Crippen molar-refractivity contribution < 1.29 is 9.90 Å². The van der Waals surface area contributed by atoms with E-state index in [2.05, 4.69) is 85.8 Å². The van der Waals surface area contributed by atoms with Crippen LogP contribution in [-0.2, 0) is 30.8 Å². The molecule has 0 spiro atoms. The first-order chi connectivity index (χ1) is 19.9. The highest BCUT2D eigenvalue weighted by Gasteiger charge is 2.31. The quantitative estimate of drug-likeness (QED) is 0.187. The molecule has 41 heavy (non-hydrogen) atoms. The van der Waals surface area contributed by atoms with E-state index in [-0.39, 0.29) is 0 Å². The number of anilines is 1. The minimum atomic E-state index is -0.773. The number of carboxylic acid groups (broad SMARTS) is 1. The zero-order chi connectivity index (χ0) is 28.8. The number of fused-ring (bicyclic) bond motifs is 1. The first kappa shape index (κ1) is 29.0. The first-order valence-electron chi connectivity index (χ1n) is 14.8. The van der Waals surface area contributed by atoms with Gasteiger partial charge in [0.25, 0.3) is 0 Å². The summed E-state index contributed by atoms with van der Waals surface area (Å²) in [6.07, 6.45) is 5.49. The Morgan fingerprint density at radius 3 is 2.34 bits per heavy atom. The smallest absolute Gasteiger partial charge is 0.321 e. The number of carboxylic acids is 1. The fourth-order valence-electron chi connectivity index (χ4n) is 6.00. The molecule has 0 aliphatic carbocycles. The molecule has 2 heterocycles. The molecule has 1 aliphatic rings. The highest BCUT2D eigenvalue weighted by atomic mass is 32.1. The number of benzene rings is 3. The summed E-state index contributed by atoms with van der Waals surface area (Å²) in [5, 5.41) is 12.9. The molecular weight excluding hydrogens is 526 g/mol. The van der Waals surface area contributed by atoms with Gasteiger partial charge in [0.05, 0.1) is 12.2 Å². The Kier molecular flexibility index (Phi) is 9.53. The number of nitrogens with zero attached hydrogens (tertiary/aromatic N) is 3. The Bertz CT molecular complexity index is 1420. The third-order valence-electron chi connectivity index (χ3n) is 8.27. The average Bonchev–Trinajstić information content (AvgIpc) is 3.45. The molecule has 1 aliphatic heterocycles. The minimum absolute atomic E-state index is 0.529. The van der Waals surface area contributed by atoms with Crippen LogP contribution in [0, 0.1) is 0 Å². The summed E-state index contributed by atoms with van der Waals surface area (Å²) in [4.78, 5) is 21.2. The number of thiazole rings is 1. The van der Waals surface area contributed by atoms with Crippen molar-refractivity contribution in [2.75, 3.05) is 11.9 Å². The zero-order valence-electron chi connectivity index (χ0n) is 24.4. The maximum Gasteiger partial charge on any atom is 0.321 e. The largest absolute Gasteiger partial charge is 0.480 e. The molecule has 5 nitrogen and oxygen atoms in total. The van der Waals surface area contributed by atoms with Crippen molar-refractivity contribution in [2.45, 2.75) is 77.5 Å². The highest BCUT2D eigenvalue weighted by Crippen LogP contribution is 2.30. The minimum Gasteiger partial charge on any atom is -0.480 e. The van der Waals surface area contributed by atoms with Crippen molar-refractivity contribution in [1.29, 1.82) is 0 Å². The fourth-order valence-corrected chi connectivity index (χ4v) is 6.83. The van der Waals surface area contributed by atoms with E-state index >= 15 is 0 Å². The van der Waals surface area contributed by atoms with E-state index in [1.807, 2.05) is 23.1 Å². The van der Waals surface area contributed by atoms with Gasteiger partial charge in [0, 0.05) is 36.8 Å². The van der Waals surface area contributed by atoms with E-state index in [0.717, 1.165) is 28.4 Å². The van der Waals surface area contributed by atoms with Gasteiger partial charge in [0.2, 0.25) is 0 Å². The van der Waals surface area contributed by atoms with Gasteiger partial charge >= 0.3 is 5.97 Å². The molecule has 0 radical (unpaired) electrons. The van der Waals surface area contributed by atoms with Crippen LogP contribution in [0.4, 0.5) is 5.69 Å². The topological polar surface area (TPSA) is 56.7 Å². The number of hydrogen-bond donors (Lipinski definition) is 1. The van der Waals surface area contributed by atoms with Gasteiger partial charge in [-0.25, -0.2) is 4.98 Å². The fraction of sp³-hybridized carbons (Fsp3) is 0.371. The Morgan fingerprint density at radius 2 is 1.68 bits per heavy atom. The molecule has 1 unspecified atom stereocenters. The van der Waals surface area contributed by atoms with Gasteiger partial charge in [-0.05, 0) is 59.6 Å². The van der Waals surface area contributed by atoms with Gasteiger partial charge in [-0.3, -0.25) is 9.69 Å². The summed E-state index contributed by atoms with van der Waals surface area (Å²) < 4.78 is 0. The van der Waals surface area contributed by atoms with Gasteiger partial charge in [0.15, 0.2) is 0 Å². The maximum absolute atomic E-state index is 12.0. The van der Waals surface area contributed by atoms with Crippen LogP contribution in [-0.4, -0.2) is 34.0 Å². The van der Waals surface area contributed by atoms with Crippen LogP contribution in [0.5, 0.6) is 0 Å². The monoisotopic (exact) mass is 567 g/mol. The number of aromatic nitrogens is 1. The van der Waals surface area contributed by atoms with E-state index in [1.165, 1.54) is 48.1 Å². The van der Waals surface area contributed by atoms with Gasteiger partial charge in [-0.2, -0.15) is 0 Å². The van der Waals surface area contributed by atoms with E-state index < -0.39 is 12.0 Å². The molecule has 1 atom stereocenters. The molecule has 1 aromatic heterocycles. The van der Waals surface area contributed by atoms with E-state index in [9.17, 15) is 9.90 Å². The standard InChI is InChI=1S/C35H41N3O2S/c1-4-8-26(9-5-2)27-16-18-31(19-17-27)37(3)21-25-12-14-28(15-13-25)32-24-41-34(36-32)23-38-22-30-11-7-6-10-29(30)20-33(38)35(39)40/h6-7,10-19,24,26,33H,4-5,8-9,20-23H2,1-3H3,(H,39,40). The van der Waals surface area contributed by atoms with Crippen LogP contribution in [0.1, 0.15) is 72.7 Å². The molecule has 0 fully saturated rings. The van der Waals surface area contributed by atoms with Gasteiger partial charge in [0.1, 0.15) is 11.0 Å². The van der Waals surface area contributed by atoms with Crippen molar-refractivity contribution in [2.24, 2.45) is 0 Å². The lowest BCUT2D eigenvalue weighted by Gasteiger charge is -2.33.